The van der Waals surface area contributed by atoms with Crippen molar-refractivity contribution in [3.8, 4) is 0 Å². The summed E-state index contributed by atoms with van der Waals surface area (Å²) in [6, 6.07) is 0.488. The van der Waals surface area contributed by atoms with E-state index >= 15 is 0 Å². The van der Waals surface area contributed by atoms with Crippen molar-refractivity contribution in [3.05, 3.63) is 0 Å². The van der Waals surface area contributed by atoms with Gasteiger partial charge < -0.3 is 5.32 Å². The van der Waals surface area contributed by atoms with Crippen LogP contribution in [0.2, 0.25) is 0 Å². The summed E-state index contributed by atoms with van der Waals surface area (Å²) in [7, 11) is 0. The average molecular weight is 201 g/mol. The molecular weight excluding hydrogens is 182 g/mol. The molecule has 0 radical (unpaired) electrons. The highest BCUT2D eigenvalue weighted by molar-refractivity contribution is 7.98. The lowest BCUT2D eigenvalue weighted by atomic mass is 10.2. The van der Waals surface area contributed by atoms with E-state index in [1.54, 1.807) is 11.8 Å². The van der Waals surface area contributed by atoms with Gasteiger partial charge in [0.15, 0.2) is 0 Å². The maximum atomic E-state index is 11.4. The van der Waals surface area contributed by atoms with Crippen LogP contribution in [0.25, 0.3) is 0 Å². The fraction of sp³-hybridized carbons (Fsp3) is 0.900. The first kappa shape index (κ1) is 10.9. The van der Waals surface area contributed by atoms with Gasteiger partial charge in [0, 0.05) is 12.5 Å². The largest absolute Gasteiger partial charge is 0.353 e. The summed E-state index contributed by atoms with van der Waals surface area (Å²) in [6.07, 6.45) is 8.75. The van der Waals surface area contributed by atoms with Crippen molar-refractivity contribution in [3.63, 3.8) is 0 Å². The van der Waals surface area contributed by atoms with E-state index in [9.17, 15) is 4.79 Å². The van der Waals surface area contributed by atoms with Gasteiger partial charge in [-0.05, 0) is 31.3 Å². The van der Waals surface area contributed by atoms with Crippen LogP contribution in [0.4, 0.5) is 0 Å². The van der Waals surface area contributed by atoms with Crippen molar-refractivity contribution in [1.82, 2.24) is 5.32 Å². The Morgan fingerprint density at radius 3 is 2.77 bits per heavy atom. The first-order valence-electron chi connectivity index (χ1n) is 5.11. The van der Waals surface area contributed by atoms with E-state index in [1.807, 2.05) is 0 Å². The molecule has 0 aromatic heterocycles. The number of carbonyl (C=O) groups excluding carboxylic acids is 1. The van der Waals surface area contributed by atoms with E-state index in [4.69, 9.17) is 0 Å². The van der Waals surface area contributed by atoms with Gasteiger partial charge in [0.1, 0.15) is 0 Å². The van der Waals surface area contributed by atoms with Gasteiger partial charge in [-0.3, -0.25) is 4.79 Å². The molecule has 0 aromatic rings. The lowest BCUT2D eigenvalue weighted by molar-refractivity contribution is -0.121. The standard InChI is InChI=1S/C10H19NOS/c1-13-8-4-7-10(12)11-9-5-2-3-6-9/h9H,2-8H2,1H3,(H,11,12). The van der Waals surface area contributed by atoms with Gasteiger partial charge >= 0.3 is 0 Å². The van der Waals surface area contributed by atoms with Crippen molar-refractivity contribution in [2.24, 2.45) is 0 Å². The maximum Gasteiger partial charge on any atom is 0.220 e. The molecule has 13 heavy (non-hydrogen) atoms. The molecule has 1 saturated carbocycles. The van der Waals surface area contributed by atoms with Crippen LogP contribution in [0.5, 0.6) is 0 Å². The number of nitrogens with one attached hydrogen (secondary N) is 1. The Kier molecular flexibility index (Phi) is 5.28. The van der Waals surface area contributed by atoms with Crippen LogP contribution in [0.1, 0.15) is 38.5 Å². The Hall–Kier alpha value is -0.180. The predicted molar refractivity (Wildman–Crippen MR) is 58.0 cm³/mol. The van der Waals surface area contributed by atoms with E-state index in [-0.39, 0.29) is 5.91 Å². The SMILES string of the molecule is CSCCCC(=O)NC1CCCC1. The third kappa shape index (κ3) is 4.55. The van der Waals surface area contributed by atoms with E-state index in [0.717, 1.165) is 12.2 Å². The minimum Gasteiger partial charge on any atom is -0.353 e. The van der Waals surface area contributed by atoms with E-state index in [1.165, 1.54) is 25.7 Å². The minimum absolute atomic E-state index is 0.251. The molecule has 1 aliphatic rings. The van der Waals surface area contributed by atoms with Crippen LogP contribution < -0.4 is 5.32 Å². The second-order valence-corrected chi connectivity index (χ2v) is 4.63. The summed E-state index contributed by atoms with van der Waals surface area (Å²) >= 11 is 1.81. The highest BCUT2D eigenvalue weighted by Crippen LogP contribution is 2.17. The van der Waals surface area contributed by atoms with Crippen LogP contribution in [0, 0.1) is 0 Å². The second-order valence-electron chi connectivity index (χ2n) is 3.65. The number of carbonyl (C=O) groups is 1. The fourth-order valence-electron chi connectivity index (χ4n) is 1.75. The second kappa shape index (κ2) is 6.30. The topological polar surface area (TPSA) is 29.1 Å². The first-order valence-corrected chi connectivity index (χ1v) is 6.50. The Balaban J connectivity index is 2.02. The summed E-state index contributed by atoms with van der Waals surface area (Å²) in [5, 5.41) is 3.09. The highest BCUT2D eigenvalue weighted by atomic mass is 32.2. The van der Waals surface area contributed by atoms with Crippen LogP contribution in [0.15, 0.2) is 0 Å². The molecule has 1 amide bonds. The molecule has 76 valence electrons. The highest BCUT2D eigenvalue weighted by Gasteiger charge is 2.16. The van der Waals surface area contributed by atoms with Gasteiger partial charge in [-0.15, -0.1) is 0 Å². The zero-order valence-electron chi connectivity index (χ0n) is 8.34. The van der Waals surface area contributed by atoms with Crippen LogP contribution in [0.3, 0.4) is 0 Å². The van der Waals surface area contributed by atoms with E-state index in [0.29, 0.717) is 12.5 Å². The molecule has 1 rings (SSSR count). The summed E-state index contributed by atoms with van der Waals surface area (Å²) in [5.74, 6) is 1.35. The normalized spacial score (nSPS) is 17.6. The monoisotopic (exact) mass is 201 g/mol. The minimum atomic E-state index is 0.251. The smallest absolute Gasteiger partial charge is 0.220 e. The molecule has 0 aromatic carbocycles. The van der Waals surface area contributed by atoms with Crippen LogP contribution >= 0.6 is 11.8 Å². The third-order valence-electron chi connectivity index (χ3n) is 2.47. The molecular formula is C10H19NOS. The molecule has 1 N–H and O–H groups in total. The summed E-state index contributed by atoms with van der Waals surface area (Å²) in [4.78, 5) is 11.4. The molecule has 2 nitrogen and oxygen atoms in total. The van der Waals surface area contributed by atoms with Gasteiger partial charge in [0.05, 0.1) is 0 Å². The lowest BCUT2D eigenvalue weighted by Crippen LogP contribution is -2.32. The number of thioether (sulfide) groups is 1. The molecule has 0 spiro atoms. The zero-order chi connectivity index (χ0) is 9.52. The number of hydrogen-bond acceptors (Lipinski definition) is 2. The molecule has 0 unspecified atom stereocenters. The number of hydrogen-bond donors (Lipinski definition) is 1. The summed E-state index contributed by atoms with van der Waals surface area (Å²) < 4.78 is 0. The Labute approximate surface area is 84.9 Å². The first-order chi connectivity index (χ1) is 6.33. The van der Waals surface area contributed by atoms with Crippen molar-refractivity contribution in [1.29, 1.82) is 0 Å². The molecule has 0 atom stereocenters. The number of rotatable bonds is 5. The Bertz CT molecular complexity index is 155. The Morgan fingerprint density at radius 2 is 2.15 bits per heavy atom. The molecule has 0 aliphatic heterocycles. The van der Waals surface area contributed by atoms with Gasteiger partial charge in [0.25, 0.3) is 0 Å². The summed E-state index contributed by atoms with van der Waals surface area (Å²) in [6.45, 7) is 0. The third-order valence-corrected chi connectivity index (χ3v) is 3.17. The molecule has 1 fully saturated rings. The zero-order valence-corrected chi connectivity index (χ0v) is 9.16. The molecule has 3 heteroatoms. The maximum absolute atomic E-state index is 11.4. The van der Waals surface area contributed by atoms with Crippen LogP contribution in [-0.4, -0.2) is 24.0 Å². The van der Waals surface area contributed by atoms with E-state index < -0.39 is 0 Å². The molecule has 1 aliphatic carbocycles. The van der Waals surface area contributed by atoms with Crippen molar-refractivity contribution < 1.29 is 4.79 Å². The van der Waals surface area contributed by atoms with E-state index in [2.05, 4.69) is 11.6 Å². The van der Waals surface area contributed by atoms with Crippen molar-refractivity contribution in [2.45, 2.75) is 44.6 Å². The van der Waals surface area contributed by atoms with Crippen molar-refractivity contribution in [2.75, 3.05) is 12.0 Å². The summed E-state index contributed by atoms with van der Waals surface area (Å²) in [5.41, 5.74) is 0. The van der Waals surface area contributed by atoms with Gasteiger partial charge in [-0.25, -0.2) is 0 Å². The quantitative estimate of drug-likeness (QED) is 0.691. The van der Waals surface area contributed by atoms with Gasteiger partial charge in [0.2, 0.25) is 5.91 Å². The lowest BCUT2D eigenvalue weighted by Gasteiger charge is -2.11. The van der Waals surface area contributed by atoms with Crippen molar-refractivity contribution >= 4 is 17.7 Å². The predicted octanol–water partition coefficient (Wildman–Crippen LogP) is 2.19. The van der Waals surface area contributed by atoms with Gasteiger partial charge in [-0.1, -0.05) is 12.8 Å². The Morgan fingerprint density at radius 1 is 1.46 bits per heavy atom. The molecule has 0 heterocycles. The van der Waals surface area contributed by atoms with Gasteiger partial charge in [-0.2, -0.15) is 11.8 Å². The molecule has 0 bridgehead atoms. The number of amides is 1. The molecule has 0 saturated heterocycles. The average Bonchev–Trinajstić information content (AvgIpc) is 2.57. The fourth-order valence-corrected chi connectivity index (χ4v) is 2.18. The van der Waals surface area contributed by atoms with Crippen LogP contribution in [-0.2, 0) is 4.79 Å².